The largest absolute Gasteiger partial charge is 0.478 e. The highest BCUT2D eigenvalue weighted by molar-refractivity contribution is 7.17. The number of anilines is 1. The van der Waals surface area contributed by atoms with Crippen LogP contribution in [0.5, 0.6) is 0 Å². The molecule has 1 heterocycles. The molecule has 0 spiro atoms. The fraction of sp³-hybridized carbons (Fsp3) is 0.500. The zero-order valence-corrected chi connectivity index (χ0v) is 10.9. The Labute approximate surface area is 109 Å². The van der Waals surface area contributed by atoms with E-state index in [0.717, 1.165) is 29.7 Å². The average molecular weight is 269 g/mol. The molecule has 98 valence electrons. The lowest BCUT2D eigenvalue weighted by Crippen LogP contribution is -2.19. The lowest BCUT2D eigenvalue weighted by atomic mass is 10.1. The van der Waals surface area contributed by atoms with Crippen molar-refractivity contribution in [2.75, 3.05) is 18.5 Å². The van der Waals surface area contributed by atoms with Crippen LogP contribution in [0.2, 0.25) is 0 Å². The molecule has 0 bridgehead atoms. The number of amides is 1. The number of carboxylic acid groups (broad SMARTS) is 1. The van der Waals surface area contributed by atoms with E-state index < -0.39 is 5.97 Å². The highest BCUT2D eigenvalue weighted by atomic mass is 32.1. The van der Waals surface area contributed by atoms with Crippen molar-refractivity contribution in [1.82, 2.24) is 0 Å². The van der Waals surface area contributed by atoms with Gasteiger partial charge in [-0.1, -0.05) is 0 Å². The first-order valence-electron chi connectivity index (χ1n) is 5.89. The van der Waals surface area contributed by atoms with Crippen LogP contribution in [0.3, 0.4) is 0 Å². The predicted octanol–water partition coefficient (Wildman–Crippen LogP) is 1.91. The molecule has 1 aliphatic carbocycles. The van der Waals surface area contributed by atoms with Gasteiger partial charge in [0.1, 0.15) is 11.6 Å². The topological polar surface area (TPSA) is 75.6 Å². The average Bonchev–Trinajstić information content (AvgIpc) is 2.85. The maximum absolute atomic E-state index is 11.6. The Morgan fingerprint density at radius 3 is 2.89 bits per heavy atom. The zero-order chi connectivity index (χ0) is 13.1. The summed E-state index contributed by atoms with van der Waals surface area (Å²) in [7, 11) is 0. The van der Waals surface area contributed by atoms with Crippen LogP contribution in [0.4, 0.5) is 5.00 Å². The van der Waals surface area contributed by atoms with Gasteiger partial charge in [-0.25, -0.2) is 4.79 Å². The van der Waals surface area contributed by atoms with E-state index in [0.29, 0.717) is 11.6 Å². The molecule has 1 aromatic heterocycles. The van der Waals surface area contributed by atoms with E-state index in [-0.39, 0.29) is 18.1 Å². The summed E-state index contributed by atoms with van der Waals surface area (Å²) < 4.78 is 4.99. The second-order valence-electron chi connectivity index (χ2n) is 4.05. The number of thiophene rings is 1. The molecule has 1 aliphatic rings. The molecule has 0 atom stereocenters. The number of rotatable bonds is 5. The summed E-state index contributed by atoms with van der Waals surface area (Å²) in [6.45, 7) is 2.22. The van der Waals surface area contributed by atoms with Gasteiger partial charge in [0, 0.05) is 11.5 Å². The Bertz CT molecular complexity index is 481. The molecule has 0 unspecified atom stereocenters. The lowest BCUT2D eigenvalue weighted by Gasteiger charge is -2.05. The van der Waals surface area contributed by atoms with Crippen LogP contribution in [-0.4, -0.2) is 30.2 Å². The molecule has 0 fully saturated rings. The summed E-state index contributed by atoms with van der Waals surface area (Å²) in [5.41, 5.74) is 1.15. The maximum atomic E-state index is 11.6. The Morgan fingerprint density at radius 2 is 2.22 bits per heavy atom. The van der Waals surface area contributed by atoms with Crippen molar-refractivity contribution in [2.45, 2.75) is 26.2 Å². The molecule has 6 heteroatoms. The third-order valence-electron chi connectivity index (χ3n) is 2.83. The number of aromatic carboxylic acids is 1. The molecule has 0 saturated carbocycles. The van der Waals surface area contributed by atoms with Crippen LogP contribution < -0.4 is 5.32 Å². The van der Waals surface area contributed by atoms with Gasteiger partial charge in [0.15, 0.2) is 0 Å². The quantitative estimate of drug-likeness (QED) is 0.856. The van der Waals surface area contributed by atoms with Crippen molar-refractivity contribution in [3.8, 4) is 0 Å². The van der Waals surface area contributed by atoms with Crippen molar-refractivity contribution < 1.29 is 19.4 Å². The lowest BCUT2D eigenvalue weighted by molar-refractivity contribution is -0.120. The number of carbonyl (C=O) groups excluding carboxylic acids is 1. The molecule has 0 saturated heterocycles. The summed E-state index contributed by atoms with van der Waals surface area (Å²) in [4.78, 5) is 23.9. The summed E-state index contributed by atoms with van der Waals surface area (Å²) in [6.07, 6.45) is 2.69. The number of ether oxygens (including phenoxy) is 1. The minimum Gasteiger partial charge on any atom is -0.478 e. The molecule has 2 N–H and O–H groups in total. The second kappa shape index (κ2) is 5.49. The summed E-state index contributed by atoms with van der Waals surface area (Å²) >= 11 is 1.37. The van der Waals surface area contributed by atoms with Gasteiger partial charge in [-0.3, -0.25) is 4.79 Å². The van der Waals surface area contributed by atoms with Crippen LogP contribution in [0.1, 0.15) is 34.1 Å². The monoisotopic (exact) mass is 269 g/mol. The summed E-state index contributed by atoms with van der Waals surface area (Å²) in [6, 6.07) is 0. The van der Waals surface area contributed by atoms with Crippen LogP contribution in [0, 0.1) is 0 Å². The van der Waals surface area contributed by atoms with Gasteiger partial charge in [0.05, 0.1) is 5.56 Å². The molecular weight excluding hydrogens is 254 g/mol. The second-order valence-corrected chi connectivity index (χ2v) is 5.16. The number of carbonyl (C=O) groups is 2. The SMILES string of the molecule is CCOCC(=O)Nc1sc2c(c1C(=O)O)CCC2. The number of nitrogens with one attached hydrogen (secondary N) is 1. The molecule has 18 heavy (non-hydrogen) atoms. The van der Waals surface area contributed by atoms with Gasteiger partial charge in [0.25, 0.3) is 5.91 Å². The van der Waals surface area contributed by atoms with E-state index in [2.05, 4.69) is 5.32 Å². The number of hydrogen-bond donors (Lipinski definition) is 2. The van der Waals surface area contributed by atoms with Crippen molar-refractivity contribution in [3.63, 3.8) is 0 Å². The van der Waals surface area contributed by atoms with Crippen LogP contribution in [-0.2, 0) is 22.4 Å². The van der Waals surface area contributed by atoms with Crippen molar-refractivity contribution in [1.29, 1.82) is 0 Å². The summed E-state index contributed by atoms with van der Waals surface area (Å²) in [5.74, 6) is -1.28. The molecule has 0 radical (unpaired) electrons. The molecule has 1 amide bonds. The molecule has 2 rings (SSSR count). The van der Waals surface area contributed by atoms with E-state index in [9.17, 15) is 14.7 Å². The van der Waals surface area contributed by atoms with Gasteiger partial charge in [-0.2, -0.15) is 0 Å². The van der Waals surface area contributed by atoms with Gasteiger partial charge >= 0.3 is 5.97 Å². The zero-order valence-electron chi connectivity index (χ0n) is 10.1. The third-order valence-corrected chi connectivity index (χ3v) is 4.03. The molecular formula is C12H15NO4S. The minimum absolute atomic E-state index is 0.0435. The predicted molar refractivity (Wildman–Crippen MR) is 68.4 cm³/mol. The van der Waals surface area contributed by atoms with Crippen molar-refractivity contribution in [2.24, 2.45) is 0 Å². The standard InChI is InChI=1S/C12H15NO4S/c1-2-17-6-9(14)13-11-10(12(15)16)7-4-3-5-8(7)18-11/h2-6H2,1H3,(H,13,14)(H,15,16). The minimum atomic E-state index is -0.971. The van der Waals surface area contributed by atoms with Crippen molar-refractivity contribution >= 4 is 28.2 Å². The number of fused-ring (bicyclic) bond motifs is 1. The number of carboxylic acids is 1. The maximum Gasteiger partial charge on any atom is 0.339 e. The van der Waals surface area contributed by atoms with Gasteiger partial charge in [-0.05, 0) is 31.7 Å². The first-order valence-corrected chi connectivity index (χ1v) is 6.70. The highest BCUT2D eigenvalue weighted by Gasteiger charge is 2.26. The van der Waals surface area contributed by atoms with Gasteiger partial charge in [0.2, 0.25) is 0 Å². The van der Waals surface area contributed by atoms with Crippen LogP contribution >= 0.6 is 11.3 Å². The normalized spacial score (nSPS) is 13.4. The van der Waals surface area contributed by atoms with Crippen LogP contribution in [0.15, 0.2) is 0 Å². The third kappa shape index (κ3) is 2.54. The van der Waals surface area contributed by atoms with E-state index in [1.165, 1.54) is 11.3 Å². The van der Waals surface area contributed by atoms with E-state index in [1.807, 2.05) is 0 Å². The van der Waals surface area contributed by atoms with Gasteiger partial charge < -0.3 is 15.2 Å². The number of hydrogen-bond acceptors (Lipinski definition) is 4. The van der Waals surface area contributed by atoms with Crippen LogP contribution in [0.25, 0.3) is 0 Å². The van der Waals surface area contributed by atoms with E-state index in [4.69, 9.17) is 4.74 Å². The molecule has 1 aromatic rings. The highest BCUT2D eigenvalue weighted by Crippen LogP contribution is 2.38. The molecule has 0 aliphatic heterocycles. The Kier molecular flexibility index (Phi) is 3.98. The Balaban J connectivity index is 2.18. The number of aryl methyl sites for hydroxylation is 1. The fourth-order valence-corrected chi connectivity index (χ4v) is 3.37. The Morgan fingerprint density at radius 1 is 1.44 bits per heavy atom. The van der Waals surface area contributed by atoms with E-state index >= 15 is 0 Å². The first kappa shape index (κ1) is 13.0. The van der Waals surface area contributed by atoms with Crippen molar-refractivity contribution in [3.05, 3.63) is 16.0 Å². The summed E-state index contributed by atoms with van der Waals surface area (Å²) in [5, 5.41) is 12.3. The van der Waals surface area contributed by atoms with Gasteiger partial charge in [-0.15, -0.1) is 11.3 Å². The molecule has 0 aromatic carbocycles. The fourth-order valence-electron chi connectivity index (χ4n) is 2.08. The first-order chi connectivity index (χ1) is 8.63. The Hall–Kier alpha value is -1.40. The van der Waals surface area contributed by atoms with E-state index in [1.54, 1.807) is 6.92 Å². The molecule has 5 nitrogen and oxygen atoms in total. The smallest absolute Gasteiger partial charge is 0.339 e.